The van der Waals surface area contributed by atoms with Gasteiger partial charge in [0.05, 0.1) is 29.1 Å². The highest BCUT2D eigenvalue weighted by atomic mass is 35.5. The van der Waals surface area contributed by atoms with Crippen molar-refractivity contribution in [1.29, 1.82) is 0 Å². The number of hydrogen-bond donors (Lipinski definition) is 0. The van der Waals surface area contributed by atoms with E-state index in [4.69, 9.17) is 21.1 Å². The van der Waals surface area contributed by atoms with Crippen LogP contribution in [0.3, 0.4) is 0 Å². The molecule has 0 bridgehead atoms. The van der Waals surface area contributed by atoms with E-state index in [1.165, 1.54) is 11.3 Å². The summed E-state index contributed by atoms with van der Waals surface area (Å²) in [5.74, 6) is 1.04. The van der Waals surface area contributed by atoms with E-state index >= 15 is 0 Å². The number of pyridine rings is 1. The molecule has 0 aliphatic heterocycles. The number of methoxy groups -OCH3 is 1. The lowest BCUT2D eigenvalue weighted by atomic mass is 10.2. The number of thiazole rings is 1. The average molecular weight is 454 g/mol. The van der Waals surface area contributed by atoms with Crippen molar-refractivity contribution >= 4 is 44.2 Å². The van der Waals surface area contributed by atoms with Crippen molar-refractivity contribution < 1.29 is 14.3 Å². The Balaban J connectivity index is 1.67. The minimum absolute atomic E-state index is 0.127. The molecule has 8 heteroatoms. The molecule has 0 N–H and O–H groups in total. The SMILES string of the molecule is COc1ccc(Cl)c2sc(N(Cc3ccccn3)C(=O)COc3ccccc3C)nc12. The minimum atomic E-state index is -0.233. The van der Waals surface area contributed by atoms with E-state index in [1.807, 2.05) is 49.4 Å². The molecule has 1 amide bonds. The van der Waals surface area contributed by atoms with Gasteiger partial charge >= 0.3 is 0 Å². The van der Waals surface area contributed by atoms with Gasteiger partial charge in [-0.05, 0) is 42.8 Å². The molecule has 0 radical (unpaired) electrons. The molecule has 6 nitrogen and oxygen atoms in total. The molecule has 4 rings (SSSR count). The van der Waals surface area contributed by atoms with Gasteiger partial charge in [0, 0.05) is 6.20 Å². The van der Waals surface area contributed by atoms with Crippen LogP contribution in [0.15, 0.2) is 60.8 Å². The van der Waals surface area contributed by atoms with Crippen LogP contribution >= 0.6 is 22.9 Å². The standard InChI is InChI=1S/C23H20ClN3O3S/c1-15-7-3-4-9-18(15)30-14-20(28)27(13-16-8-5-6-12-25-16)23-26-21-19(29-2)11-10-17(24)22(21)31-23/h3-12H,13-14H2,1-2H3. The number of hydrogen-bond acceptors (Lipinski definition) is 6. The van der Waals surface area contributed by atoms with Gasteiger partial charge in [-0.3, -0.25) is 14.7 Å². The fourth-order valence-corrected chi connectivity index (χ4v) is 4.35. The molecule has 4 aromatic rings. The van der Waals surface area contributed by atoms with E-state index in [0.29, 0.717) is 27.2 Å². The van der Waals surface area contributed by atoms with Crippen LogP contribution in [0, 0.1) is 6.92 Å². The molecule has 31 heavy (non-hydrogen) atoms. The fraction of sp³-hybridized carbons (Fsp3) is 0.174. The number of ether oxygens (including phenoxy) is 2. The monoisotopic (exact) mass is 453 g/mol. The second-order valence-electron chi connectivity index (χ2n) is 6.78. The van der Waals surface area contributed by atoms with Gasteiger partial charge in [0.2, 0.25) is 0 Å². The molecule has 2 heterocycles. The Labute approximate surface area is 189 Å². The second kappa shape index (κ2) is 9.32. The fourth-order valence-electron chi connectivity index (χ4n) is 3.07. The van der Waals surface area contributed by atoms with Gasteiger partial charge in [-0.1, -0.05) is 47.2 Å². The van der Waals surface area contributed by atoms with Gasteiger partial charge in [0.1, 0.15) is 17.0 Å². The molecular formula is C23H20ClN3O3S. The Morgan fingerprint density at radius 3 is 2.65 bits per heavy atom. The van der Waals surface area contributed by atoms with Crippen LogP contribution in [-0.2, 0) is 11.3 Å². The number of carbonyl (C=O) groups excluding carboxylic acids is 1. The van der Waals surface area contributed by atoms with Crippen molar-refractivity contribution in [2.24, 2.45) is 0 Å². The number of fused-ring (bicyclic) bond motifs is 1. The van der Waals surface area contributed by atoms with Crippen molar-refractivity contribution in [3.8, 4) is 11.5 Å². The zero-order valence-electron chi connectivity index (χ0n) is 17.0. The summed E-state index contributed by atoms with van der Waals surface area (Å²) in [4.78, 5) is 23.8. The summed E-state index contributed by atoms with van der Waals surface area (Å²) in [5, 5.41) is 1.06. The smallest absolute Gasteiger partial charge is 0.267 e. The largest absolute Gasteiger partial charge is 0.494 e. The first-order chi connectivity index (χ1) is 15.1. The molecular weight excluding hydrogens is 434 g/mol. The van der Waals surface area contributed by atoms with Crippen molar-refractivity contribution in [3.05, 3.63) is 77.1 Å². The average Bonchev–Trinajstić information content (AvgIpc) is 3.24. The maximum Gasteiger partial charge on any atom is 0.267 e. The van der Waals surface area contributed by atoms with Gasteiger partial charge in [0.25, 0.3) is 5.91 Å². The molecule has 0 atom stereocenters. The Kier molecular flexibility index (Phi) is 6.34. The quantitative estimate of drug-likeness (QED) is 0.381. The zero-order chi connectivity index (χ0) is 21.8. The lowest BCUT2D eigenvalue weighted by Gasteiger charge is -2.20. The topological polar surface area (TPSA) is 64.5 Å². The van der Waals surface area contributed by atoms with E-state index in [9.17, 15) is 4.79 Å². The van der Waals surface area contributed by atoms with E-state index in [2.05, 4.69) is 9.97 Å². The van der Waals surface area contributed by atoms with Gasteiger partial charge in [-0.15, -0.1) is 0 Å². The second-order valence-corrected chi connectivity index (χ2v) is 8.16. The maximum absolute atomic E-state index is 13.2. The van der Waals surface area contributed by atoms with Crippen LogP contribution in [0.25, 0.3) is 10.2 Å². The number of rotatable bonds is 7. The van der Waals surface area contributed by atoms with Crippen LogP contribution in [0.1, 0.15) is 11.3 Å². The van der Waals surface area contributed by atoms with E-state index in [-0.39, 0.29) is 19.1 Å². The molecule has 0 aliphatic rings. The molecule has 0 fully saturated rings. The van der Waals surface area contributed by atoms with E-state index in [1.54, 1.807) is 30.3 Å². The van der Waals surface area contributed by atoms with Crippen LogP contribution < -0.4 is 14.4 Å². The summed E-state index contributed by atoms with van der Waals surface area (Å²) in [5.41, 5.74) is 2.32. The normalized spacial score (nSPS) is 10.8. The number of nitrogens with zero attached hydrogens (tertiary/aromatic N) is 3. The summed E-state index contributed by atoms with van der Waals surface area (Å²) in [7, 11) is 1.58. The molecule has 0 saturated heterocycles. The van der Waals surface area contributed by atoms with Gasteiger partial charge in [-0.2, -0.15) is 0 Å². The molecule has 0 spiro atoms. The zero-order valence-corrected chi connectivity index (χ0v) is 18.6. The first-order valence-electron chi connectivity index (χ1n) is 9.58. The summed E-state index contributed by atoms with van der Waals surface area (Å²) in [6, 6.07) is 16.7. The summed E-state index contributed by atoms with van der Waals surface area (Å²) in [6.45, 7) is 2.07. The Bertz CT molecular complexity index is 1210. The number of para-hydroxylation sites is 1. The third-order valence-corrected chi connectivity index (χ3v) is 6.23. The maximum atomic E-state index is 13.2. The minimum Gasteiger partial charge on any atom is -0.494 e. The first kappa shape index (κ1) is 21.1. The molecule has 0 unspecified atom stereocenters. The number of benzene rings is 2. The van der Waals surface area contributed by atoms with Crippen molar-refractivity contribution in [1.82, 2.24) is 9.97 Å². The van der Waals surface area contributed by atoms with E-state index < -0.39 is 0 Å². The Morgan fingerprint density at radius 1 is 1.10 bits per heavy atom. The highest BCUT2D eigenvalue weighted by Crippen LogP contribution is 2.39. The highest BCUT2D eigenvalue weighted by molar-refractivity contribution is 7.23. The van der Waals surface area contributed by atoms with Gasteiger partial charge < -0.3 is 9.47 Å². The Hall–Kier alpha value is -3.16. The Morgan fingerprint density at radius 2 is 1.90 bits per heavy atom. The first-order valence-corrected chi connectivity index (χ1v) is 10.8. The summed E-state index contributed by atoms with van der Waals surface area (Å²) >= 11 is 7.71. The van der Waals surface area contributed by atoms with Crippen molar-refractivity contribution in [3.63, 3.8) is 0 Å². The van der Waals surface area contributed by atoms with Crippen LogP contribution in [-0.4, -0.2) is 29.6 Å². The lowest BCUT2D eigenvalue weighted by Crippen LogP contribution is -2.34. The number of halogens is 1. The third kappa shape index (κ3) is 4.62. The predicted molar refractivity (Wildman–Crippen MR) is 123 cm³/mol. The lowest BCUT2D eigenvalue weighted by molar-refractivity contribution is -0.120. The highest BCUT2D eigenvalue weighted by Gasteiger charge is 2.23. The molecule has 158 valence electrons. The van der Waals surface area contributed by atoms with E-state index in [0.717, 1.165) is 16.0 Å². The molecule has 0 aliphatic carbocycles. The van der Waals surface area contributed by atoms with Gasteiger partial charge in [-0.25, -0.2) is 4.98 Å². The van der Waals surface area contributed by atoms with Crippen LogP contribution in [0.5, 0.6) is 11.5 Å². The van der Waals surface area contributed by atoms with Crippen LogP contribution in [0.2, 0.25) is 5.02 Å². The van der Waals surface area contributed by atoms with Crippen molar-refractivity contribution in [2.75, 3.05) is 18.6 Å². The summed E-state index contributed by atoms with van der Waals surface area (Å²) in [6.07, 6.45) is 1.69. The molecule has 2 aromatic carbocycles. The number of aryl methyl sites for hydroxylation is 1. The number of anilines is 1. The third-order valence-electron chi connectivity index (χ3n) is 4.69. The number of aromatic nitrogens is 2. The van der Waals surface area contributed by atoms with Gasteiger partial charge in [0.15, 0.2) is 11.7 Å². The molecule has 0 saturated carbocycles. The van der Waals surface area contributed by atoms with Crippen molar-refractivity contribution in [2.45, 2.75) is 13.5 Å². The summed E-state index contributed by atoms with van der Waals surface area (Å²) < 4.78 is 12.0. The molecule has 2 aromatic heterocycles. The van der Waals surface area contributed by atoms with Crippen LogP contribution in [0.4, 0.5) is 5.13 Å². The number of carbonyl (C=O) groups is 1. The number of amides is 1. The predicted octanol–water partition coefficient (Wildman–Crippen LogP) is 5.27.